The van der Waals surface area contributed by atoms with E-state index in [1.165, 1.54) is 6.07 Å². The number of aliphatic hydroxyl groups excluding tert-OH is 1. The molecule has 4 aromatic heterocycles. The molecule has 1 aliphatic carbocycles. The van der Waals surface area contributed by atoms with Gasteiger partial charge in [-0.3, -0.25) is 18.9 Å². The van der Waals surface area contributed by atoms with Crippen LogP contribution in [0.1, 0.15) is 53.9 Å². The molecule has 49 heavy (non-hydrogen) atoms. The summed E-state index contributed by atoms with van der Waals surface area (Å²) in [4.78, 5) is 35.3. The smallest absolute Gasteiger partial charge is 0.333 e. The maximum atomic E-state index is 14.1. The van der Waals surface area contributed by atoms with Crippen molar-refractivity contribution in [3.05, 3.63) is 87.3 Å². The lowest BCUT2D eigenvalue weighted by atomic mass is 9.85. The molecule has 1 aliphatic rings. The number of hydrogen-bond donors (Lipinski definition) is 2. The highest BCUT2D eigenvalue weighted by atomic mass is 35.5. The number of carbonyl (C=O) groups is 1. The zero-order valence-electron chi connectivity index (χ0n) is 27.8. The van der Waals surface area contributed by atoms with Gasteiger partial charge in [0.2, 0.25) is 0 Å². The van der Waals surface area contributed by atoms with E-state index in [9.17, 15) is 23.5 Å². The molecule has 0 atom stereocenters. The first-order chi connectivity index (χ1) is 23.4. The molecule has 0 radical (unpaired) electrons. The van der Waals surface area contributed by atoms with E-state index in [1.54, 1.807) is 15.3 Å². The number of pyridine rings is 2. The van der Waals surface area contributed by atoms with Gasteiger partial charge in [0.25, 0.3) is 12.3 Å². The van der Waals surface area contributed by atoms with E-state index < -0.39 is 26.1 Å². The number of aromatic nitrogens is 5. The van der Waals surface area contributed by atoms with Crippen molar-refractivity contribution >= 4 is 47.6 Å². The molecule has 0 spiro atoms. The maximum absolute atomic E-state index is 14.1. The predicted molar refractivity (Wildman–Crippen MR) is 188 cm³/mol. The number of rotatable bonds is 12. The third-order valence-electron chi connectivity index (χ3n) is 9.24. The van der Waals surface area contributed by atoms with Crippen molar-refractivity contribution in [1.29, 1.82) is 0 Å². The second-order valence-electron chi connectivity index (χ2n) is 14.0. The Morgan fingerprint density at radius 3 is 2.49 bits per heavy atom. The summed E-state index contributed by atoms with van der Waals surface area (Å²) in [5.41, 5.74) is 2.57. The van der Waals surface area contributed by atoms with Gasteiger partial charge in [-0.25, -0.2) is 18.6 Å². The zero-order valence-corrected chi connectivity index (χ0v) is 29.6. The Labute approximate surface area is 288 Å². The standard InChI is InChI=1S/C35H41ClF2N6O4Si/c1-49(2,3)13-12-48-21-43-27(20-45)15-23-14-26(18-40-33(23)43)44-30-7-5-4-6-29(30)42(35(44)47)19-22-8-10-25(11-9-22)41-34(46)28-16-24(36)17-39-31(28)32(37)38/h4-7,14-18,22,25,32,45H,8-13,19-21H2,1-3H3,(H,41,46). The molecule has 0 unspecified atom stereocenters. The van der Waals surface area contributed by atoms with Gasteiger partial charge in [0.15, 0.2) is 0 Å². The van der Waals surface area contributed by atoms with Crippen molar-refractivity contribution in [2.75, 3.05) is 6.61 Å². The summed E-state index contributed by atoms with van der Waals surface area (Å²) in [6.07, 6.45) is 2.69. The van der Waals surface area contributed by atoms with Crippen LogP contribution in [0.3, 0.4) is 0 Å². The van der Waals surface area contributed by atoms with Crippen molar-refractivity contribution < 1.29 is 23.4 Å². The van der Waals surface area contributed by atoms with Crippen molar-refractivity contribution in [3.63, 3.8) is 0 Å². The lowest BCUT2D eigenvalue weighted by molar-refractivity contribution is 0.0850. The van der Waals surface area contributed by atoms with Gasteiger partial charge in [-0.15, -0.1) is 0 Å². The molecule has 14 heteroatoms. The first kappa shape index (κ1) is 34.9. The second kappa shape index (κ2) is 14.5. The molecule has 1 aromatic carbocycles. The third-order valence-corrected chi connectivity index (χ3v) is 11.1. The van der Waals surface area contributed by atoms with Crippen LogP contribution < -0.4 is 11.0 Å². The number of halogens is 3. The van der Waals surface area contributed by atoms with Crippen LogP contribution in [0.2, 0.25) is 30.7 Å². The number of hydrogen-bond acceptors (Lipinski definition) is 6. The van der Waals surface area contributed by atoms with Gasteiger partial charge < -0.3 is 19.7 Å². The fourth-order valence-electron chi connectivity index (χ4n) is 6.57. The van der Waals surface area contributed by atoms with Crippen LogP contribution >= 0.6 is 11.6 Å². The maximum Gasteiger partial charge on any atom is 0.333 e. The monoisotopic (exact) mass is 710 g/mol. The Morgan fingerprint density at radius 1 is 1.06 bits per heavy atom. The van der Waals surface area contributed by atoms with Crippen LogP contribution in [0, 0.1) is 5.92 Å². The number of nitrogens with one attached hydrogen (secondary N) is 1. The lowest BCUT2D eigenvalue weighted by Crippen LogP contribution is -2.39. The number of aliphatic hydroxyl groups is 1. The van der Waals surface area contributed by atoms with Crippen molar-refractivity contribution in [2.24, 2.45) is 5.92 Å². The molecule has 4 heterocycles. The fourth-order valence-corrected chi connectivity index (χ4v) is 7.48. The van der Waals surface area contributed by atoms with Gasteiger partial charge in [-0.1, -0.05) is 43.4 Å². The number of benzene rings is 1. The van der Waals surface area contributed by atoms with Crippen LogP contribution in [-0.4, -0.2) is 55.4 Å². The Kier molecular flexibility index (Phi) is 10.3. The van der Waals surface area contributed by atoms with Crippen LogP contribution in [-0.2, 0) is 24.6 Å². The van der Waals surface area contributed by atoms with Gasteiger partial charge in [-0.2, -0.15) is 0 Å². The molecule has 0 bridgehead atoms. The lowest BCUT2D eigenvalue weighted by Gasteiger charge is -2.29. The van der Waals surface area contributed by atoms with Crippen LogP contribution in [0.25, 0.3) is 27.8 Å². The highest BCUT2D eigenvalue weighted by Gasteiger charge is 2.27. The summed E-state index contributed by atoms with van der Waals surface area (Å²) in [5.74, 6) is -0.438. The van der Waals surface area contributed by atoms with E-state index in [0.717, 1.165) is 41.5 Å². The Hall–Kier alpha value is -3.91. The summed E-state index contributed by atoms with van der Waals surface area (Å²) >= 11 is 5.94. The molecular weight excluding hydrogens is 670 g/mol. The largest absolute Gasteiger partial charge is 0.390 e. The summed E-state index contributed by atoms with van der Waals surface area (Å²) < 4.78 is 38.2. The van der Waals surface area contributed by atoms with E-state index >= 15 is 0 Å². The van der Waals surface area contributed by atoms with E-state index in [2.05, 4.69) is 29.9 Å². The second-order valence-corrected chi connectivity index (χ2v) is 20.0. The molecule has 1 amide bonds. The first-order valence-electron chi connectivity index (χ1n) is 16.6. The number of fused-ring (bicyclic) bond motifs is 2. The highest BCUT2D eigenvalue weighted by molar-refractivity contribution is 6.76. The van der Waals surface area contributed by atoms with Gasteiger partial charge >= 0.3 is 5.69 Å². The number of para-hydroxylation sites is 2. The van der Waals surface area contributed by atoms with Crippen molar-refractivity contribution in [2.45, 2.75) is 83.7 Å². The Balaban J connectivity index is 1.18. The quantitative estimate of drug-likeness (QED) is 0.107. The van der Waals surface area contributed by atoms with Gasteiger partial charge in [0.05, 0.1) is 40.1 Å². The van der Waals surface area contributed by atoms with Gasteiger partial charge in [-0.05, 0) is 68.0 Å². The molecular formula is C35H41ClF2N6O4Si. The number of nitrogens with zero attached hydrogens (tertiary/aromatic N) is 5. The molecule has 5 aromatic rings. The van der Waals surface area contributed by atoms with E-state index in [1.807, 2.05) is 41.0 Å². The fraction of sp³-hybridized carbons (Fsp3) is 0.429. The number of imidazole rings is 1. The van der Waals surface area contributed by atoms with Crippen molar-refractivity contribution in [1.82, 2.24) is 29.0 Å². The topological polar surface area (TPSA) is 116 Å². The van der Waals surface area contributed by atoms with E-state index in [4.69, 9.17) is 21.3 Å². The molecule has 10 nitrogen and oxygen atoms in total. The van der Waals surface area contributed by atoms with Gasteiger partial charge in [0.1, 0.15) is 18.1 Å². The van der Waals surface area contributed by atoms with Crippen LogP contribution in [0.4, 0.5) is 8.78 Å². The molecule has 0 aliphatic heterocycles. The zero-order chi connectivity index (χ0) is 34.9. The van der Waals surface area contributed by atoms with Crippen LogP contribution in [0.15, 0.2) is 59.7 Å². The Bertz CT molecular complexity index is 2030. The minimum atomic E-state index is -2.89. The number of alkyl halides is 2. The summed E-state index contributed by atoms with van der Waals surface area (Å²) in [5, 5.41) is 13.9. The summed E-state index contributed by atoms with van der Waals surface area (Å²) in [6.45, 7) is 8.16. The van der Waals surface area contributed by atoms with E-state index in [0.29, 0.717) is 43.0 Å². The Morgan fingerprint density at radius 2 is 1.80 bits per heavy atom. The number of ether oxygens (including phenoxy) is 1. The normalized spacial score (nSPS) is 17.0. The van der Waals surface area contributed by atoms with Crippen LogP contribution in [0.5, 0.6) is 0 Å². The average molecular weight is 711 g/mol. The molecule has 0 saturated heterocycles. The number of carbonyl (C=O) groups excluding carboxylic acids is 1. The third kappa shape index (κ3) is 7.64. The molecule has 1 saturated carbocycles. The molecule has 2 N–H and O–H groups in total. The number of amides is 1. The summed E-state index contributed by atoms with van der Waals surface area (Å²) in [7, 11) is -1.24. The summed E-state index contributed by atoms with van der Waals surface area (Å²) in [6, 6.07) is 13.5. The first-order valence-corrected chi connectivity index (χ1v) is 20.6. The minimum absolute atomic E-state index is 0.115. The predicted octanol–water partition coefficient (Wildman–Crippen LogP) is 6.92. The molecule has 260 valence electrons. The average Bonchev–Trinajstić information content (AvgIpc) is 3.56. The highest BCUT2D eigenvalue weighted by Crippen LogP contribution is 2.29. The van der Waals surface area contributed by atoms with E-state index in [-0.39, 0.29) is 41.6 Å². The molecule has 6 rings (SSSR count). The van der Waals surface area contributed by atoms with Crippen molar-refractivity contribution in [3.8, 4) is 5.69 Å². The molecule has 1 fully saturated rings. The van der Waals surface area contributed by atoms with Gasteiger partial charge in [0, 0.05) is 44.5 Å². The minimum Gasteiger partial charge on any atom is -0.390 e. The SMILES string of the molecule is C[Si](C)(C)CCOCn1c(CO)cc2cc(-n3c(=O)n(CC4CCC(NC(=O)c5cc(Cl)cnc5C(F)F)CC4)c4ccccc43)cnc21.